The summed E-state index contributed by atoms with van der Waals surface area (Å²) in [4.78, 5) is 12.3. The standard InChI is InChI=1S/C20H24FNO3/c1-3-4-5-8-13-25-18-12-11-15(14-19(18)24-2)20(23)22-17-10-7-6-9-16(17)21/h6-7,9-12,14H,3-5,8,13H2,1-2H3,(H,22,23). The molecule has 5 heteroatoms. The second-order valence-electron chi connectivity index (χ2n) is 5.71. The van der Waals surface area contributed by atoms with Crippen LogP contribution in [0.25, 0.3) is 0 Å². The molecule has 4 nitrogen and oxygen atoms in total. The van der Waals surface area contributed by atoms with Gasteiger partial charge >= 0.3 is 0 Å². The Morgan fingerprint density at radius 3 is 2.60 bits per heavy atom. The van der Waals surface area contributed by atoms with E-state index in [1.807, 2.05) is 0 Å². The summed E-state index contributed by atoms with van der Waals surface area (Å²) in [5.41, 5.74) is 0.515. The second kappa shape index (κ2) is 9.67. The third-order valence-electron chi connectivity index (χ3n) is 3.80. The van der Waals surface area contributed by atoms with Crippen molar-refractivity contribution in [3.05, 3.63) is 53.8 Å². The lowest BCUT2D eigenvalue weighted by Gasteiger charge is -2.12. The van der Waals surface area contributed by atoms with E-state index in [1.54, 1.807) is 30.3 Å². The first-order chi connectivity index (χ1) is 12.2. The molecule has 0 aliphatic heterocycles. The average Bonchev–Trinajstić information content (AvgIpc) is 2.63. The minimum absolute atomic E-state index is 0.141. The van der Waals surface area contributed by atoms with Gasteiger partial charge in [-0.1, -0.05) is 38.3 Å². The summed E-state index contributed by atoms with van der Waals surface area (Å²) >= 11 is 0. The highest BCUT2D eigenvalue weighted by Gasteiger charge is 2.13. The predicted octanol–water partition coefficient (Wildman–Crippen LogP) is 5.05. The number of hydrogen-bond acceptors (Lipinski definition) is 3. The number of anilines is 1. The number of hydrogen-bond donors (Lipinski definition) is 1. The summed E-state index contributed by atoms with van der Waals surface area (Å²) in [5, 5.41) is 2.55. The number of unbranched alkanes of at least 4 members (excludes halogenated alkanes) is 3. The van der Waals surface area contributed by atoms with Crippen molar-refractivity contribution >= 4 is 11.6 Å². The monoisotopic (exact) mass is 345 g/mol. The van der Waals surface area contributed by atoms with Crippen molar-refractivity contribution in [2.24, 2.45) is 0 Å². The quantitative estimate of drug-likeness (QED) is 0.647. The predicted molar refractivity (Wildman–Crippen MR) is 97.0 cm³/mol. The van der Waals surface area contributed by atoms with Gasteiger partial charge in [-0.25, -0.2) is 4.39 Å². The fraction of sp³-hybridized carbons (Fsp3) is 0.350. The van der Waals surface area contributed by atoms with Crippen LogP contribution in [0.1, 0.15) is 43.0 Å². The van der Waals surface area contributed by atoms with Crippen molar-refractivity contribution in [1.29, 1.82) is 0 Å². The van der Waals surface area contributed by atoms with Gasteiger partial charge in [-0.15, -0.1) is 0 Å². The van der Waals surface area contributed by atoms with Crippen molar-refractivity contribution in [2.45, 2.75) is 32.6 Å². The molecular formula is C20H24FNO3. The Morgan fingerprint density at radius 2 is 1.88 bits per heavy atom. The third kappa shape index (κ3) is 5.48. The van der Waals surface area contributed by atoms with Gasteiger partial charge in [-0.2, -0.15) is 0 Å². The summed E-state index contributed by atoms with van der Waals surface area (Å²) in [6.45, 7) is 2.77. The summed E-state index contributed by atoms with van der Waals surface area (Å²) in [6, 6.07) is 11.0. The van der Waals surface area contributed by atoms with Crippen molar-refractivity contribution in [1.82, 2.24) is 0 Å². The molecule has 0 heterocycles. The molecule has 2 aromatic rings. The fourth-order valence-corrected chi connectivity index (χ4v) is 2.40. The zero-order chi connectivity index (χ0) is 18.1. The molecule has 0 unspecified atom stereocenters. The highest BCUT2D eigenvalue weighted by Crippen LogP contribution is 2.29. The molecule has 0 fully saturated rings. The van der Waals surface area contributed by atoms with E-state index in [2.05, 4.69) is 12.2 Å². The summed E-state index contributed by atoms with van der Waals surface area (Å²) in [5.74, 6) is 0.200. The first kappa shape index (κ1) is 18.8. The van der Waals surface area contributed by atoms with E-state index >= 15 is 0 Å². The molecule has 2 aromatic carbocycles. The number of amides is 1. The molecule has 0 atom stereocenters. The second-order valence-corrected chi connectivity index (χ2v) is 5.71. The van der Waals surface area contributed by atoms with Gasteiger partial charge in [0.05, 0.1) is 19.4 Å². The van der Waals surface area contributed by atoms with E-state index < -0.39 is 11.7 Å². The number of ether oxygens (including phenoxy) is 2. The van der Waals surface area contributed by atoms with Crippen molar-refractivity contribution in [3.8, 4) is 11.5 Å². The van der Waals surface area contributed by atoms with Crippen LogP contribution < -0.4 is 14.8 Å². The smallest absolute Gasteiger partial charge is 0.255 e. The van der Waals surface area contributed by atoms with Crippen LogP contribution in [0.3, 0.4) is 0 Å². The Labute approximate surface area is 148 Å². The van der Waals surface area contributed by atoms with Gasteiger partial charge in [0.2, 0.25) is 0 Å². The van der Waals surface area contributed by atoms with Gasteiger partial charge in [0.15, 0.2) is 11.5 Å². The molecule has 0 bridgehead atoms. The number of methoxy groups -OCH3 is 1. The molecule has 0 spiro atoms. The largest absolute Gasteiger partial charge is 0.493 e. The lowest BCUT2D eigenvalue weighted by molar-refractivity contribution is 0.102. The Bertz CT molecular complexity index is 703. The van der Waals surface area contributed by atoms with Gasteiger partial charge in [0, 0.05) is 5.56 Å². The van der Waals surface area contributed by atoms with Crippen LogP contribution in [-0.4, -0.2) is 19.6 Å². The van der Waals surface area contributed by atoms with E-state index in [4.69, 9.17) is 9.47 Å². The van der Waals surface area contributed by atoms with Crippen LogP contribution in [0.5, 0.6) is 11.5 Å². The van der Waals surface area contributed by atoms with E-state index in [9.17, 15) is 9.18 Å². The minimum Gasteiger partial charge on any atom is -0.493 e. The fourth-order valence-electron chi connectivity index (χ4n) is 2.40. The van der Waals surface area contributed by atoms with Crippen molar-refractivity contribution in [2.75, 3.05) is 19.0 Å². The maximum absolute atomic E-state index is 13.6. The Kier molecular flexibility index (Phi) is 7.26. The maximum Gasteiger partial charge on any atom is 0.255 e. The number of nitrogens with one attached hydrogen (secondary N) is 1. The number of benzene rings is 2. The maximum atomic E-state index is 13.6. The number of carbonyl (C=O) groups excluding carboxylic acids is 1. The SMILES string of the molecule is CCCCCCOc1ccc(C(=O)Nc2ccccc2F)cc1OC. The lowest BCUT2D eigenvalue weighted by atomic mass is 10.1. The zero-order valence-corrected chi connectivity index (χ0v) is 14.7. The molecule has 1 amide bonds. The molecule has 0 radical (unpaired) electrons. The average molecular weight is 345 g/mol. The van der Waals surface area contributed by atoms with E-state index in [0.29, 0.717) is 23.7 Å². The highest BCUT2D eigenvalue weighted by molar-refractivity contribution is 6.04. The van der Waals surface area contributed by atoms with Crippen LogP contribution in [0, 0.1) is 5.82 Å². The molecule has 0 aliphatic rings. The molecule has 0 aromatic heterocycles. The number of para-hydroxylation sites is 1. The Balaban J connectivity index is 2.02. The van der Waals surface area contributed by atoms with Crippen LogP contribution >= 0.6 is 0 Å². The normalized spacial score (nSPS) is 10.4. The number of carbonyl (C=O) groups is 1. The molecule has 0 saturated carbocycles. The highest BCUT2D eigenvalue weighted by atomic mass is 19.1. The summed E-state index contributed by atoms with van der Waals surface area (Å²) in [6.07, 6.45) is 4.47. The molecule has 1 N–H and O–H groups in total. The van der Waals surface area contributed by atoms with Gasteiger partial charge in [0.1, 0.15) is 5.82 Å². The van der Waals surface area contributed by atoms with Crippen LogP contribution in [0.2, 0.25) is 0 Å². The van der Waals surface area contributed by atoms with Gasteiger partial charge < -0.3 is 14.8 Å². The first-order valence-electron chi connectivity index (χ1n) is 8.52. The third-order valence-corrected chi connectivity index (χ3v) is 3.80. The molecular weight excluding hydrogens is 321 g/mol. The molecule has 2 rings (SSSR count). The van der Waals surface area contributed by atoms with E-state index in [1.165, 1.54) is 32.1 Å². The molecule has 0 saturated heterocycles. The summed E-state index contributed by atoms with van der Waals surface area (Å²) in [7, 11) is 1.53. The van der Waals surface area contributed by atoms with Gasteiger partial charge in [-0.05, 0) is 36.8 Å². The van der Waals surface area contributed by atoms with Gasteiger partial charge in [-0.3, -0.25) is 4.79 Å². The zero-order valence-electron chi connectivity index (χ0n) is 14.7. The van der Waals surface area contributed by atoms with Crippen LogP contribution in [0.15, 0.2) is 42.5 Å². The molecule has 134 valence electrons. The number of halogens is 1. The topological polar surface area (TPSA) is 47.6 Å². The minimum atomic E-state index is -0.477. The lowest BCUT2D eigenvalue weighted by Crippen LogP contribution is -2.13. The Morgan fingerprint density at radius 1 is 1.08 bits per heavy atom. The van der Waals surface area contributed by atoms with E-state index in [0.717, 1.165) is 12.8 Å². The van der Waals surface area contributed by atoms with Crippen LogP contribution in [0.4, 0.5) is 10.1 Å². The molecule has 0 aliphatic carbocycles. The molecule has 25 heavy (non-hydrogen) atoms. The number of rotatable bonds is 9. The Hall–Kier alpha value is -2.56. The summed E-state index contributed by atoms with van der Waals surface area (Å²) < 4.78 is 24.7. The van der Waals surface area contributed by atoms with Gasteiger partial charge in [0.25, 0.3) is 5.91 Å². The van der Waals surface area contributed by atoms with E-state index in [-0.39, 0.29) is 5.69 Å². The van der Waals surface area contributed by atoms with Crippen LogP contribution in [-0.2, 0) is 0 Å². The van der Waals surface area contributed by atoms with Crippen molar-refractivity contribution in [3.63, 3.8) is 0 Å². The first-order valence-corrected chi connectivity index (χ1v) is 8.52. The van der Waals surface area contributed by atoms with Crippen molar-refractivity contribution < 1.29 is 18.7 Å².